The Morgan fingerprint density at radius 1 is 0.917 bits per heavy atom. The predicted molar refractivity (Wildman–Crippen MR) is 142 cm³/mol. The zero-order valence-electron chi connectivity index (χ0n) is 20.5. The number of likely N-dealkylation sites (N-methyl/N-ethyl adjacent to an activating group) is 1. The molecule has 3 rings (SSSR count). The molecule has 9 heteroatoms. The van der Waals surface area contributed by atoms with Crippen molar-refractivity contribution in [1.29, 1.82) is 0 Å². The first-order valence-corrected chi connectivity index (χ1v) is 13.4. The van der Waals surface area contributed by atoms with Crippen LogP contribution in [0.15, 0.2) is 83.8 Å². The number of rotatable bonds is 10. The first kappa shape index (κ1) is 27.2. The van der Waals surface area contributed by atoms with E-state index in [0.29, 0.717) is 22.7 Å². The summed E-state index contributed by atoms with van der Waals surface area (Å²) in [6.07, 6.45) is 0.573. The minimum absolute atomic E-state index is 0.0434. The van der Waals surface area contributed by atoms with Gasteiger partial charge in [0, 0.05) is 18.6 Å². The van der Waals surface area contributed by atoms with Gasteiger partial charge in [-0.1, -0.05) is 73.1 Å². The van der Waals surface area contributed by atoms with Gasteiger partial charge in [0.15, 0.2) is 0 Å². The van der Waals surface area contributed by atoms with E-state index in [2.05, 4.69) is 5.32 Å². The molecular weight excluding hydrogens is 498 g/mol. The Morgan fingerprint density at radius 2 is 1.50 bits per heavy atom. The second-order valence-corrected chi connectivity index (χ2v) is 10.5. The molecule has 0 unspecified atom stereocenters. The largest absolute Gasteiger partial charge is 0.357 e. The molecule has 0 saturated carbocycles. The van der Waals surface area contributed by atoms with Gasteiger partial charge in [-0.25, -0.2) is 8.42 Å². The summed E-state index contributed by atoms with van der Waals surface area (Å²) >= 11 is 6.34. The summed E-state index contributed by atoms with van der Waals surface area (Å²) in [5.41, 5.74) is 1.85. The molecule has 3 aromatic rings. The molecule has 0 spiro atoms. The maximum Gasteiger partial charge on any atom is 0.264 e. The van der Waals surface area contributed by atoms with Crippen molar-refractivity contribution >= 4 is 39.1 Å². The van der Waals surface area contributed by atoms with E-state index in [1.165, 1.54) is 24.1 Å². The number of nitrogens with zero attached hydrogens (tertiary/aromatic N) is 2. The Balaban J connectivity index is 2.07. The third kappa shape index (κ3) is 6.06. The van der Waals surface area contributed by atoms with Gasteiger partial charge in [-0.2, -0.15) is 0 Å². The van der Waals surface area contributed by atoms with Crippen molar-refractivity contribution in [2.75, 3.05) is 17.9 Å². The van der Waals surface area contributed by atoms with Crippen LogP contribution in [0, 0.1) is 0 Å². The van der Waals surface area contributed by atoms with E-state index in [1.54, 1.807) is 61.5 Å². The highest BCUT2D eigenvalue weighted by atomic mass is 35.5. The Bertz CT molecular complexity index is 1320. The highest BCUT2D eigenvalue weighted by Crippen LogP contribution is 2.28. The van der Waals surface area contributed by atoms with Crippen LogP contribution in [0.25, 0.3) is 0 Å². The van der Waals surface area contributed by atoms with E-state index in [4.69, 9.17) is 11.6 Å². The molecule has 36 heavy (non-hydrogen) atoms. The molecule has 0 radical (unpaired) electrons. The van der Waals surface area contributed by atoms with Crippen molar-refractivity contribution < 1.29 is 18.0 Å². The lowest BCUT2D eigenvalue weighted by molar-refractivity contribution is -0.139. The first-order valence-electron chi connectivity index (χ1n) is 11.6. The average molecular weight is 528 g/mol. The van der Waals surface area contributed by atoms with Crippen molar-refractivity contribution in [2.45, 2.75) is 37.8 Å². The Kier molecular flexibility index (Phi) is 9.12. The number of aryl methyl sites for hydroxylation is 1. The number of anilines is 1. The lowest BCUT2D eigenvalue weighted by atomic mass is 10.1. The van der Waals surface area contributed by atoms with Crippen LogP contribution < -0.4 is 9.62 Å². The van der Waals surface area contributed by atoms with Crippen LogP contribution in [0.3, 0.4) is 0 Å². The molecule has 2 amide bonds. The van der Waals surface area contributed by atoms with Crippen LogP contribution in [-0.2, 0) is 32.6 Å². The molecule has 0 saturated heterocycles. The molecule has 0 aliphatic heterocycles. The number of hydrogen-bond donors (Lipinski definition) is 1. The van der Waals surface area contributed by atoms with Crippen LogP contribution in [0.5, 0.6) is 0 Å². The van der Waals surface area contributed by atoms with Crippen LogP contribution in [0.1, 0.15) is 25.0 Å². The molecule has 0 aromatic heterocycles. The summed E-state index contributed by atoms with van der Waals surface area (Å²) in [5, 5.41) is 3.01. The molecule has 0 fully saturated rings. The maximum absolute atomic E-state index is 13.8. The van der Waals surface area contributed by atoms with Gasteiger partial charge < -0.3 is 10.2 Å². The molecular formula is C27H30ClN3O4S. The van der Waals surface area contributed by atoms with Crippen molar-refractivity contribution in [2.24, 2.45) is 0 Å². The van der Waals surface area contributed by atoms with E-state index in [-0.39, 0.29) is 17.3 Å². The van der Waals surface area contributed by atoms with Crippen molar-refractivity contribution in [3.63, 3.8) is 0 Å². The van der Waals surface area contributed by atoms with E-state index in [9.17, 15) is 18.0 Å². The molecule has 190 valence electrons. The zero-order chi connectivity index (χ0) is 26.3. The number of nitrogens with one attached hydrogen (secondary N) is 1. The Labute approximate surface area is 217 Å². The number of hydrogen-bond acceptors (Lipinski definition) is 4. The minimum atomic E-state index is -4.09. The van der Waals surface area contributed by atoms with Gasteiger partial charge in [0.1, 0.15) is 12.6 Å². The standard InChI is InChI=1S/C27H30ClN3O4S/c1-4-21-12-9-11-17-25(21)31(36(34,35)23-14-6-5-7-15-23)19-26(32)30(20(2)27(33)29-3)18-22-13-8-10-16-24(22)28/h5-17,20H,4,18-19H2,1-3H3,(H,29,33)/t20-/m0/s1. The number of halogens is 1. The second kappa shape index (κ2) is 12.1. The SMILES string of the molecule is CCc1ccccc1N(CC(=O)N(Cc1ccccc1Cl)[C@@H](C)C(=O)NC)S(=O)(=O)c1ccccc1. The summed E-state index contributed by atoms with van der Waals surface area (Å²) in [6, 6.07) is 21.3. The van der Waals surface area contributed by atoms with Crippen LogP contribution in [-0.4, -0.2) is 44.8 Å². The molecule has 1 atom stereocenters. The van der Waals surface area contributed by atoms with Crippen molar-refractivity contribution in [3.05, 3.63) is 95.0 Å². The number of sulfonamides is 1. The van der Waals surface area contributed by atoms with E-state index < -0.39 is 28.5 Å². The second-order valence-electron chi connectivity index (χ2n) is 8.21. The third-order valence-electron chi connectivity index (χ3n) is 5.96. The van der Waals surface area contributed by atoms with Gasteiger partial charge in [0.05, 0.1) is 10.6 Å². The summed E-state index contributed by atoms with van der Waals surface area (Å²) < 4.78 is 28.7. The first-order chi connectivity index (χ1) is 17.2. The Morgan fingerprint density at radius 3 is 2.11 bits per heavy atom. The van der Waals surface area contributed by atoms with Gasteiger partial charge in [0.25, 0.3) is 10.0 Å². The number of amides is 2. The number of carbonyl (C=O) groups excluding carboxylic acids is 2. The van der Waals surface area contributed by atoms with Gasteiger partial charge in [-0.15, -0.1) is 0 Å². The lowest BCUT2D eigenvalue weighted by Crippen LogP contribution is -2.50. The molecule has 1 N–H and O–H groups in total. The van der Waals surface area contributed by atoms with Crippen LogP contribution in [0.4, 0.5) is 5.69 Å². The Hall–Kier alpha value is -3.36. The molecule has 0 bridgehead atoms. The van der Waals surface area contributed by atoms with E-state index in [0.717, 1.165) is 9.87 Å². The molecule has 0 aliphatic carbocycles. The number of benzene rings is 3. The van der Waals surface area contributed by atoms with Gasteiger partial charge in [-0.3, -0.25) is 13.9 Å². The molecule has 0 aliphatic rings. The van der Waals surface area contributed by atoms with Gasteiger partial charge >= 0.3 is 0 Å². The summed E-state index contributed by atoms with van der Waals surface area (Å²) in [5.74, 6) is -0.904. The topological polar surface area (TPSA) is 86.8 Å². The van der Waals surface area contributed by atoms with E-state index >= 15 is 0 Å². The quantitative estimate of drug-likeness (QED) is 0.427. The fraction of sp³-hybridized carbons (Fsp3) is 0.259. The highest BCUT2D eigenvalue weighted by molar-refractivity contribution is 7.92. The summed E-state index contributed by atoms with van der Waals surface area (Å²) in [6.45, 7) is 3.08. The molecule has 0 heterocycles. The van der Waals surface area contributed by atoms with Gasteiger partial charge in [0.2, 0.25) is 11.8 Å². The van der Waals surface area contributed by atoms with Crippen molar-refractivity contribution in [1.82, 2.24) is 10.2 Å². The van der Waals surface area contributed by atoms with E-state index in [1.807, 2.05) is 19.1 Å². The highest BCUT2D eigenvalue weighted by Gasteiger charge is 2.33. The normalized spacial score (nSPS) is 12.0. The van der Waals surface area contributed by atoms with Crippen LogP contribution >= 0.6 is 11.6 Å². The zero-order valence-corrected chi connectivity index (χ0v) is 22.1. The predicted octanol–water partition coefficient (Wildman–Crippen LogP) is 4.26. The molecule has 3 aromatic carbocycles. The fourth-order valence-corrected chi connectivity index (χ4v) is 5.56. The third-order valence-corrected chi connectivity index (χ3v) is 8.11. The summed E-state index contributed by atoms with van der Waals surface area (Å²) in [7, 11) is -2.60. The fourth-order valence-electron chi connectivity index (χ4n) is 3.89. The maximum atomic E-state index is 13.8. The van der Waals surface area contributed by atoms with Crippen LogP contribution in [0.2, 0.25) is 5.02 Å². The monoisotopic (exact) mass is 527 g/mol. The smallest absolute Gasteiger partial charge is 0.264 e. The minimum Gasteiger partial charge on any atom is -0.357 e. The molecule has 7 nitrogen and oxygen atoms in total. The summed E-state index contributed by atoms with van der Waals surface area (Å²) in [4.78, 5) is 27.7. The number of carbonyl (C=O) groups is 2. The number of para-hydroxylation sites is 1. The lowest BCUT2D eigenvalue weighted by Gasteiger charge is -2.32. The average Bonchev–Trinajstić information content (AvgIpc) is 2.90. The van der Waals surface area contributed by atoms with Crippen molar-refractivity contribution in [3.8, 4) is 0 Å². The van der Waals surface area contributed by atoms with Gasteiger partial charge in [-0.05, 0) is 48.7 Å².